The maximum absolute atomic E-state index is 12.5. The van der Waals surface area contributed by atoms with E-state index in [0.29, 0.717) is 12.6 Å². The molecule has 0 unspecified atom stereocenters. The Kier molecular flexibility index (Phi) is 5.74. The molecule has 0 heterocycles. The number of ketones is 1. The monoisotopic (exact) mass is 261 g/mol. The van der Waals surface area contributed by atoms with Crippen molar-refractivity contribution in [3.63, 3.8) is 0 Å². The molecule has 0 atom stereocenters. The van der Waals surface area contributed by atoms with Crippen molar-refractivity contribution in [1.29, 1.82) is 0 Å². The van der Waals surface area contributed by atoms with E-state index in [0.717, 1.165) is 24.1 Å². The van der Waals surface area contributed by atoms with Crippen molar-refractivity contribution in [3.8, 4) is 0 Å². The highest BCUT2D eigenvalue weighted by molar-refractivity contribution is 5.99. The second kappa shape index (κ2) is 6.85. The first-order valence-corrected chi connectivity index (χ1v) is 7.21. The number of hydrogen-bond donors (Lipinski definition) is 0. The minimum absolute atomic E-state index is 0.239. The standard InChI is InChI=1S/C17H27NO/c1-7-8-18(12(2)3)11-17(19)16-10-14(5)13(4)9-15(16)6/h9-10,12H,7-8,11H2,1-6H3. The van der Waals surface area contributed by atoms with E-state index in [2.05, 4.69) is 45.6 Å². The topological polar surface area (TPSA) is 20.3 Å². The van der Waals surface area contributed by atoms with Gasteiger partial charge in [0.2, 0.25) is 0 Å². The van der Waals surface area contributed by atoms with Gasteiger partial charge in [0.15, 0.2) is 5.78 Å². The van der Waals surface area contributed by atoms with Gasteiger partial charge in [0.1, 0.15) is 0 Å². The molecule has 0 radical (unpaired) electrons. The van der Waals surface area contributed by atoms with Gasteiger partial charge in [-0.05, 0) is 70.3 Å². The molecular weight excluding hydrogens is 234 g/mol. The molecule has 0 saturated heterocycles. The molecule has 0 bridgehead atoms. The largest absolute Gasteiger partial charge is 0.293 e. The summed E-state index contributed by atoms with van der Waals surface area (Å²) >= 11 is 0. The van der Waals surface area contributed by atoms with Crippen LogP contribution in [0.5, 0.6) is 0 Å². The third-order valence-corrected chi connectivity index (χ3v) is 3.73. The molecule has 0 N–H and O–H groups in total. The van der Waals surface area contributed by atoms with Gasteiger partial charge in [-0.25, -0.2) is 0 Å². The number of carbonyl (C=O) groups is 1. The fourth-order valence-corrected chi connectivity index (χ4v) is 2.34. The van der Waals surface area contributed by atoms with Gasteiger partial charge in [0, 0.05) is 11.6 Å². The van der Waals surface area contributed by atoms with Gasteiger partial charge >= 0.3 is 0 Å². The predicted molar refractivity (Wildman–Crippen MR) is 82.0 cm³/mol. The van der Waals surface area contributed by atoms with Crippen molar-refractivity contribution in [3.05, 3.63) is 34.4 Å². The number of hydrogen-bond acceptors (Lipinski definition) is 2. The summed E-state index contributed by atoms with van der Waals surface area (Å²) in [6.45, 7) is 14.1. The Hall–Kier alpha value is -1.15. The second-order valence-corrected chi connectivity index (χ2v) is 5.74. The van der Waals surface area contributed by atoms with E-state index in [9.17, 15) is 4.79 Å². The average Bonchev–Trinajstić information content (AvgIpc) is 2.32. The molecule has 106 valence electrons. The van der Waals surface area contributed by atoms with Crippen molar-refractivity contribution in [2.45, 2.75) is 54.0 Å². The number of aryl methyl sites for hydroxylation is 3. The van der Waals surface area contributed by atoms with E-state index in [1.807, 2.05) is 13.0 Å². The van der Waals surface area contributed by atoms with E-state index < -0.39 is 0 Å². The zero-order chi connectivity index (χ0) is 14.6. The summed E-state index contributed by atoms with van der Waals surface area (Å²) in [6, 6.07) is 4.57. The van der Waals surface area contributed by atoms with Gasteiger partial charge in [-0.3, -0.25) is 9.69 Å². The lowest BCUT2D eigenvalue weighted by Crippen LogP contribution is -2.36. The Labute approximate surface area is 117 Å². The summed E-state index contributed by atoms with van der Waals surface area (Å²) < 4.78 is 0. The minimum atomic E-state index is 0.239. The molecular formula is C17H27NO. The Morgan fingerprint density at radius 1 is 1.11 bits per heavy atom. The van der Waals surface area contributed by atoms with Crippen LogP contribution in [0, 0.1) is 20.8 Å². The van der Waals surface area contributed by atoms with Crippen LogP contribution in [0.2, 0.25) is 0 Å². The van der Waals surface area contributed by atoms with Crippen LogP contribution < -0.4 is 0 Å². The smallest absolute Gasteiger partial charge is 0.177 e. The summed E-state index contributed by atoms with van der Waals surface area (Å²) in [6.07, 6.45) is 1.08. The fourth-order valence-electron chi connectivity index (χ4n) is 2.34. The van der Waals surface area contributed by atoms with Crippen LogP contribution in [0.3, 0.4) is 0 Å². The van der Waals surface area contributed by atoms with Gasteiger partial charge in [-0.1, -0.05) is 13.0 Å². The first kappa shape index (κ1) is 15.9. The molecule has 0 aliphatic heterocycles. The lowest BCUT2D eigenvalue weighted by molar-refractivity contribution is 0.0905. The van der Waals surface area contributed by atoms with Crippen LogP contribution in [-0.2, 0) is 0 Å². The van der Waals surface area contributed by atoms with Crippen LogP contribution in [0.15, 0.2) is 12.1 Å². The maximum atomic E-state index is 12.5. The molecule has 0 amide bonds. The number of rotatable bonds is 6. The van der Waals surface area contributed by atoms with E-state index in [1.165, 1.54) is 11.1 Å². The molecule has 2 heteroatoms. The fraction of sp³-hybridized carbons (Fsp3) is 0.588. The molecule has 0 spiro atoms. The molecule has 2 nitrogen and oxygen atoms in total. The molecule has 0 aliphatic rings. The average molecular weight is 261 g/mol. The van der Waals surface area contributed by atoms with Crippen molar-refractivity contribution >= 4 is 5.78 Å². The SMILES string of the molecule is CCCN(CC(=O)c1cc(C)c(C)cc1C)C(C)C. The Bertz CT molecular complexity index is 449. The number of nitrogens with zero attached hydrogens (tertiary/aromatic N) is 1. The van der Waals surface area contributed by atoms with Crippen LogP contribution in [0.4, 0.5) is 0 Å². The van der Waals surface area contributed by atoms with E-state index in [-0.39, 0.29) is 5.78 Å². The highest BCUT2D eigenvalue weighted by Gasteiger charge is 2.16. The molecule has 19 heavy (non-hydrogen) atoms. The third-order valence-electron chi connectivity index (χ3n) is 3.73. The molecule has 0 aromatic heterocycles. The second-order valence-electron chi connectivity index (χ2n) is 5.74. The molecule has 0 aliphatic carbocycles. The van der Waals surface area contributed by atoms with Gasteiger partial charge in [0.25, 0.3) is 0 Å². The summed E-state index contributed by atoms with van der Waals surface area (Å²) in [4.78, 5) is 14.7. The summed E-state index contributed by atoms with van der Waals surface area (Å²) in [5.41, 5.74) is 4.42. The van der Waals surface area contributed by atoms with Crippen LogP contribution in [0.25, 0.3) is 0 Å². The van der Waals surface area contributed by atoms with Crippen molar-refractivity contribution in [2.24, 2.45) is 0 Å². The summed E-state index contributed by atoms with van der Waals surface area (Å²) in [7, 11) is 0. The maximum Gasteiger partial charge on any atom is 0.177 e. The highest BCUT2D eigenvalue weighted by atomic mass is 16.1. The first-order chi connectivity index (χ1) is 8.86. The molecule has 0 fully saturated rings. The van der Waals surface area contributed by atoms with Crippen LogP contribution >= 0.6 is 0 Å². The Morgan fingerprint density at radius 3 is 2.21 bits per heavy atom. The zero-order valence-electron chi connectivity index (χ0n) is 13.2. The van der Waals surface area contributed by atoms with E-state index in [1.54, 1.807) is 0 Å². The summed E-state index contributed by atoms with van der Waals surface area (Å²) in [5, 5.41) is 0. The Balaban J connectivity index is 2.91. The zero-order valence-corrected chi connectivity index (χ0v) is 13.2. The number of Topliss-reactive ketones (excluding diaryl/α,β-unsaturated/α-hetero) is 1. The third kappa shape index (κ3) is 4.17. The lowest BCUT2D eigenvalue weighted by Gasteiger charge is -2.25. The Morgan fingerprint density at radius 2 is 1.68 bits per heavy atom. The van der Waals surface area contributed by atoms with Gasteiger partial charge in [0.05, 0.1) is 6.54 Å². The summed E-state index contributed by atoms with van der Waals surface area (Å²) in [5.74, 6) is 0.239. The number of benzene rings is 1. The van der Waals surface area contributed by atoms with Crippen LogP contribution in [-0.4, -0.2) is 29.8 Å². The van der Waals surface area contributed by atoms with Gasteiger partial charge in [-0.15, -0.1) is 0 Å². The van der Waals surface area contributed by atoms with Gasteiger partial charge in [-0.2, -0.15) is 0 Å². The molecule has 1 rings (SSSR count). The number of carbonyl (C=O) groups excluding carboxylic acids is 1. The highest BCUT2D eigenvalue weighted by Crippen LogP contribution is 2.16. The van der Waals surface area contributed by atoms with Crippen LogP contribution in [0.1, 0.15) is 54.2 Å². The van der Waals surface area contributed by atoms with E-state index >= 15 is 0 Å². The van der Waals surface area contributed by atoms with E-state index in [4.69, 9.17) is 0 Å². The van der Waals surface area contributed by atoms with Gasteiger partial charge < -0.3 is 0 Å². The molecule has 1 aromatic carbocycles. The molecule has 1 aromatic rings. The normalized spacial score (nSPS) is 11.4. The predicted octanol–water partition coefficient (Wildman–Crippen LogP) is 3.91. The van der Waals surface area contributed by atoms with Crippen molar-refractivity contribution in [2.75, 3.05) is 13.1 Å². The van der Waals surface area contributed by atoms with Crippen molar-refractivity contribution < 1.29 is 4.79 Å². The first-order valence-electron chi connectivity index (χ1n) is 7.21. The van der Waals surface area contributed by atoms with Crippen molar-refractivity contribution in [1.82, 2.24) is 4.90 Å². The molecule has 0 saturated carbocycles. The quantitative estimate of drug-likeness (QED) is 0.723. The minimum Gasteiger partial charge on any atom is -0.293 e. The lowest BCUT2D eigenvalue weighted by atomic mass is 9.97.